The van der Waals surface area contributed by atoms with Crippen molar-refractivity contribution in [2.75, 3.05) is 52.5 Å². The number of pyridine rings is 1. The molecular formula is C18H26N4O4. The van der Waals surface area contributed by atoms with Crippen molar-refractivity contribution in [3.05, 3.63) is 29.1 Å². The molecule has 0 saturated carbocycles. The molecule has 3 heterocycles. The summed E-state index contributed by atoms with van der Waals surface area (Å²) in [7, 11) is 0. The summed E-state index contributed by atoms with van der Waals surface area (Å²) in [5.74, 6) is -0.104. The minimum atomic E-state index is -0.321. The van der Waals surface area contributed by atoms with E-state index in [0.717, 1.165) is 44.0 Å². The van der Waals surface area contributed by atoms with Crippen LogP contribution in [-0.4, -0.2) is 79.3 Å². The van der Waals surface area contributed by atoms with Gasteiger partial charge >= 0.3 is 6.09 Å². The van der Waals surface area contributed by atoms with Crippen LogP contribution in [0.15, 0.2) is 12.4 Å². The van der Waals surface area contributed by atoms with Crippen LogP contribution < -0.4 is 5.32 Å². The number of morpholine rings is 1. The van der Waals surface area contributed by atoms with Crippen LogP contribution in [0.4, 0.5) is 4.79 Å². The molecule has 8 nitrogen and oxygen atoms in total. The highest BCUT2D eigenvalue weighted by Crippen LogP contribution is 2.22. The Labute approximate surface area is 153 Å². The van der Waals surface area contributed by atoms with Crippen LogP contribution in [0.25, 0.3) is 0 Å². The maximum atomic E-state index is 12.6. The molecule has 142 valence electrons. The van der Waals surface area contributed by atoms with E-state index in [1.165, 1.54) is 0 Å². The van der Waals surface area contributed by atoms with E-state index in [1.807, 2.05) is 0 Å². The van der Waals surface area contributed by atoms with Gasteiger partial charge in [0, 0.05) is 45.1 Å². The number of aromatic nitrogens is 1. The Morgan fingerprint density at radius 1 is 1.27 bits per heavy atom. The molecule has 26 heavy (non-hydrogen) atoms. The summed E-state index contributed by atoms with van der Waals surface area (Å²) in [5.41, 5.74) is 2.49. The van der Waals surface area contributed by atoms with Crippen molar-refractivity contribution in [2.45, 2.75) is 19.9 Å². The minimum Gasteiger partial charge on any atom is -0.450 e. The Morgan fingerprint density at radius 2 is 2.08 bits per heavy atom. The van der Waals surface area contributed by atoms with Gasteiger partial charge in [0.15, 0.2) is 0 Å². The minimum absolute atomic E-state index is 0.104. The van der Waals surface area contributed by atoms with E-state index in [2.05, 4.69) is 15.2 Å². The molecule has 0 aromatic carbocycles. The Balaban J connectivity index is 1.58. The zero-order valence-electron chi connectivity index (χ0n) is 15.2. The van der Waals surface area contributed by atoms with E-state index >= 15 is 0 Å². The lowest BCUT2D eigenvalue weighted by Crippen LogP contribution is -2.41. The standard InChI is InChI=1S/C18H26N4O4/c1-2-26-18(24)22-5-3-15-14(13-22)11-19-12-16(15)17(23)20-4-6-21-7-9-25-10-8-21/h11-12H,2-10,13H2,1H3,(H,20,23). The molecule has 1 N–H and O–H groups in total. The Bertz CT molecular complexity index is 646. The predicted octanol–water partition coefficient (Wildman–Crippen LogP) is 0.658. The van der Waals surface area contributed by atoms with Crippen molar-refractivity contribution in [1.29, 1.82) is 0 Å². The summed E-state index contributed by atoms with van der Waals surface area (Å²) < 4.78 is 10.4. The molecule has 0 spiro atoms. The molecule has 2 aliphatic rings. The van der Waals surface area contributed by atoms with Gasteiger partial charge in [0.1, 0.15) is 0 Å². The fourth-order valence-corrected chi connectivity index (χ4v) is 3.31. The zero-order chi connectivity index (χ0) is 18.4. The molecule has 0 radical (unpaired) electrons. The predicted molar refractivity (Wildman–Crippen MR) is 95.0 cm³/mol. The topological polar surface area (TPSA) is 84.0 Å². The van der Waals surface area contributed by atoms with Crippen LogP contribution in [0.5, 0.6) is 0 Å². The van der Waals surface area contributed by atoms with E-state index in [0.29, 0.717) is 38.2 Å². The first-order valence-corrected chi connectivity index (χ1v) is 9.14. The van der Waals surface area contributed by atoms with Gasteiger partial charge in [-0.1, -0.05) is 0 Å². The van der Waals surface area contributed by atoms with Crippen LogP contribution in [0.2, 0.25) is 0 Å². The molecule has 2 aliphatic heterocycles. The molecule has 1 aromatic heterocycles. The molecule has 1 fully saturated rings. The van der Waals surface area contributed by atoms with Crippen LogP contribution in [-0.2, 0) is 22.4 Å². The summed E-state index contributed by atoms with van der Waals surface area (Å²) >= 11 is 0. The quantitative estimate of drug-likeness (QED) is 0.828. The normalized spacial score (nSPS) is 17.5. The fraction of sp³-hybridized carbons (Fsp3) is 0.611. The summed E-state index contributed by atoms with van der Waals surface area (Å²) in [5, 5.41) is 2.98. The molecule has 1 aromatic rings. The van der Waals surface area contributed by atoms with Crippen molar-refractivity contribution < 1.29 is 19.1 Å². The number of nitrogens with one attached hydrogen (secondary N) is 1. The number of fused-ring (bicyclic) bond motifs is 1. The smallest absolute Gasteiger partial charge is 0.410 e. The van der Waals surface area contributed by atoms with Crippen LogP contribution >= 0.6 is 0 Å². The van der Waals surface area contributed by atoms with Gasteiger partial charge in [-0.3, -0.25) is 14.7 Å². The largest absolute Gasteiger partial charge is 0.450 e. The van der Waals surface area contributed by atoms with E-state index in [9.17, 15) is 9.59 Å². The number of carbonyl (C=O) groups excluding carboxylic acids is 2. The molecule has 3 rings (SSSR count). The summed E-state index contributed by atoms with van der Waals surface area (Å²) in [6.07, 6.45) is 3.65. The average Bonchev–Trinajstić information content (AvgIpc) is 2.68. The van der Waals surface area contributed by atoms with Crippen LogP contribution in [0.3, 0.4) is 0 Å². The van der Waals surface area contributed by atoms with Gasteiger partial charge < -0.3 is 19.7 Å². The fourth-order valence-electron chi connectivity index (χ4n) is 3.31. The molecule has 0 aliphatic carbocycles. The third-order valence-electron chi connectivity index (χ3n) is 4.73. The number of rotatable bonds is 5. The number of carbonyl (C=O) groups is 2. The molecule has 8 heteroatoms. The number of ether oxygens (including phenoxy) is 2. The lowest BCUT2D eigenvalue weighted by molar-refractivity contribution is 0.0383. The second-order valence-corrected chi connectivity index (χ2v) is 6.41. The summed E-state index contributed by atoms with van der Waals surface area (Å²) in [6, 6.07) is 0. The van der Waals surface area contributed by atoms with Gasteiger partial charge in [-0.15, -0.1) is 0 Å². The molecule has 0 bridgehead atoms. The number of nitrogens with zero attached hydrogens (tertiary/aromatic N) is 3. The first-order valence-electron chi connectivity index (χ1n) is 9.14. The van der Waals surface area contributed by atoms with Gasteiger partial charge in [0.05, 0.1) is 31.9 Å². The van der Waals surface area contributed by atoms with Crippen LogP contribution in [0, 0.1) is 0 Å². The number of hydrogen-bond donors (Lipinski definition) is 1. The average molecular weight is 362 g/mol. The number of hydrogen-bond acceptors (Lipinski definition) is 6. The van der Waals surface area contributed by atoms with E-state index in [4.69, 9.17) is 9.47 Å². The van der Waals surface area contributed by atoms with Crippen LogP contribution in [0.1, 0.15) is 28.4 Å². The summed E-state index contributed by atoms with van der Waals surface area (Å²) in [6.45, 7) is 7.83. The molecule has 0 unspecified atom stereocenters. The second kappa shape index (κ2) is 8.95. The van der Waals surface area contributed by atoms with Gasteiger partial charge in [0.25, 0.3) is 5.91 Å². The molecule has 0 atom stereocenters. The van der Waals surface area contributed by atoms with Crippen molar-refractivity contribution in [3.63, 3.8) is 0 Å². The third kappa shape index (κ3) is 4.50. The Kier molecular flexibility index (Phi) is 6.40. The van der Waals surface area contributed by atoms with E-state index in [-0.39, 0.29) is 12.0 Å². The van der Waals surface area contributed by atoms with Gasteiger partial charge in [-0.2, -0.15) is 0 Å². The van der Waals surface area contributed by atoms with E-state index in [1.54, 1.807) is 24.2 Å². The van der Waals surface area contributed by atoms with E-state index < -0.39 is 0 Å². The van der Waals surface area contributed by atoms with Gasteiger partial charge in [0.2, 0.25) is 0 Å². The summed E-state index contributed by atoms with van der Waals surface area (Å²) in [4.78, 5) is 32.6. The highest BCUT2D eigenvalue weighted by atomic mass is 16.6. The SMILES string of the molecule is CCOC(=O)N1CCc2c(cncc2C(=O)NCCN2CCOCC2)C1. The molecule has 1 saturated heterocycles. The highest BCUT2D eigenvalue weighted by molar-refractivity contribution is 5.95. The maximum absolute atomic E-state index is 12.6. The van der Waals surface area contributed by atoms with Crippen molar-refractivity contribution in [2.24, 2.45) is 0 Å². The lowest BCUT2D eigenvalue weighted by atomic mass is 9.97. The highest BCUT2D eigenvalue weighted by Gasteiger charge is 2.25. The Hall–Kier alpha value is -2.19. The lowest BCUT2D eigenvalue weighted by Gasteiger charge is -2.29. The first-order chi connectivity index (χ1) is 12.7. The number of amides is 2. The van der Waals surface area contributed by atoms with Crippen molar-refractivity contribution in [1.82, 2.24) is 20.1 Å². The second-order valence-electron chi connectivity index (χ2n) is 6.41. The molecular weight excluding hydrogens is 336 g/mol. The van der Waals surface area contributed by atoms with Crippen molar-refractivity contribution in [3.8, 4) is 0 Å². The Morgan fingerprint density at radius 3 is 2.85 bits per heavy atom. The zero-order valence-corrected chi connectivity index (χ0v) is 15.2. The maximum Gasteiger partial charge on any atom is 0.410 e. The van der Waals surface area contributed by atoms with Crippen molar-refractivity contribution >= 4 is 12.0 Å². The molecule has 2 amide bonds. The monoisotopic (exact) mass is 362 g/mol. The van der Waals surface area contributed by atoms with Gasteiger partial charge in [-0.25, -0.2) is 4.79 Å². The first kappa shape index (κ1) is 18.6. The third-order valence-corrected chi connectivity index (χ3v) is 4.73. The van der Waals surface area contributed by atoms with Gasteiger partial charge in [-0.05, 0) is 24.5 Å².